The predicted octanol–water partition coefficient (Wildman–Crippen LogP) is -0.930. The molecule has 14 nitrogen and oxygen atoms in total. The molecule has 4 atom stereocenters. The number of carbonyl (C=O) groups is 6. The molecular weight excluding hydrogens is 544 g/mol. The number of nitrogens with one attached hydrogen (secondary N) is 4. The Bertz CT molecular complexity index is 1230. The van der Waals surface area contributed by atoms with Crippen LogP contribution in [0.4, 0.5) is 0 Å². The van der Waals surface area contributed by atoms with E-state index in [1.807, 2.05) is 24.3 Å². The van der Waals surface area contributed by atoms with E-state index in [0.717, 1.165) is 16.5 Å². The van der Waals surface area contributed by atoms with Crippen LogP contribution in [0.2, 0.25) is 0 Å². The van der Waals surface area contributed by atoms with Crippen molar-refractivity contribution in [2.24, 2.45) is 11.5 Å². The highest BCUT2D eigenvalue weighted by Crippen LogP contribution is 2.18. The van der Waals surface area contributed by atoms with Crippen molar-refractivity contribution in [3.8, 4) is 0 Å². The zero-order valence-corrected chi connectivity index (χ0v) is 22.7. The Morgan fingerprint density at radius 2 is 1.55 bits per heavy atom. The monoisotopic (exact) mass is 578 g/mol. The smallest absolute Gasteiger partial charge is 0.326 e. The number of thioether (sulfide) groups is 1. The van der Waals surface area contributed by atoms with E-state index in [4.69, 9.17) is 16.6 Å². The summed E-state index contributed by atoms with van der Waals surface area (Å²) in [5.41, 5.74) is 13.0. The van der Waals surface area contributed by atoms with Gasteiger partial charge in [-0.25, -0.2) is 4.79 Å². The highest BCUT2D eigenvalue weighted by Gasteiger charge is 2.31. The van der Waals surface area contributed by atoms with Crippen molar-refractivity contribution < 1.29 is 39.0 Å². The van der Waals surface area contributed by atoms with Gasteiger partial charge in [-0.05, 0) is 42.9 Å². The molecule has 1 aromatic carbocycles. The fourth-order valence-corrected chi connectivity index (χ4v) is 4.37. The number of amides is 4. The molecule has 4 unspecified atom stereocenters. The second-order valence-electron chi connectivity index (χ2n) is 9.08. The van der Waals surface area contributed by atoms with Gasteiger partial charge < -0.3 is 42.6 Å². The number of aromatic amines is 1. The third-order valence-corrected chi connectivity index (χ3v) is 6.64. The number of benzene rings is 1. The topological polar surface area (TPSA) is 247 Å². The molecule has 2 rings (SSSR count). The molecule has 0 saturated carbocycles. The lowest BCUT2D eigenvalue weighted by molar-refractivity contribution is -0.143. The summed E-state index contributed by atoms with van der Waals surface area (Å²) in [7, 11) is 0. The van der Waals surface area contributed by atoms with Crippen LogP contribution in [0.1, 0.15) is 31.2 Å². The van der Waals surface area contributed by atoms with Crippen molar-refractivity contribution in [3.63, 3.8) is 0 Å². The Hall–Kier alpha value is -4.11. The number of fused-ring (bicyclic) bond motifs is 1. The summed E-state index contributed by atoms with van der Waals surface area (Å²) in [6, 6.07) is 2.16. The van der Waals surface area contributed by atoms with Gasteiger partial charge in [-0.2, -0.15) is 11.8 Å². The van der Waals surface area contributed by atoms with Crippen LogP contribution in [-0.2, 0) is 35.2 Å². The number of rotatable bonds is 17. The number of aromatic nitrogens is 1. The van der Waals surface area contributed by atoms with Crippen LogP contribution in [0.3, 0.4) is 0 Å². The molecule has 0 aliphatic rings. The largest absolute Gasteiger partial charge is 0.481 e. The van der Waals surface area contributed by atoms with E-state index >= 15 is 0 Å². The Labute approximate surface area is 234 Å². The van der Waals surface area contributed by atoms with Crippen LogP contribution in [0, 0.1) is 0 Å². The summed E-state index contributed by atoms with van der Waals surface area (Å²) in [6.07, 6.45) is 2.26. The van der Waals surface area contributed by atoms with Gasteiger partial charge in [0.2, 0.25) is 23.6 Å². The average Bonchev–Trinajstić information content (AvgIpc) is 3.30. The molecule has 1 heterocycles. The Balaban J connectivity index is 2.12. The quantitative estimate of drug-likeness (QED) is 0.114. The molecular formula is C25H34N6O8S. The number of carboxylic acids is 2. The Morgan fingerprint density at radius 1 is 0.925 bits per heavy atom. The number of H-pyrrole nitrogens is 1. The molecule has 40 heavy (non-hydrogen) atoms. The van der Waals surface area contributed by atoms with Gasteiger partial charge in [-0.15, -0.1) is 0 Å². The predicted molar refractivity (Wildman–Crippen MR) is 147 cm³/mol. The van der Waals surface area contributed by atoms with Crippen molar-refractivity contribution in [3.05, 3.63) is 36.0 Å². The second-order valence-corrected chi connectivity index (χ2v) is 10.1. The van der Waals surface area contributed by atoms with Gasteiger partial charge in [-0.3, -0.25) is 24.0 Å². The number of carboxylic acid groups (broad SMARTS) is 2. The van der Waals surface area contributed by atoms with Crippen molar-refractivity contribution >= 4 is 58.2 Å². The van der Waals surface area contributed by atoms with Crippen LogP contribution in [-0.4, -0.2) is 86.9 Å². The number of hydrogen-bond acceptors (Lipinski definition) is 8. The maximum atomic E-state index is 13.1. The first-order chi connectivity index (χ1) is 18.9. The summed E-state index contributed by atoms with van der Waals surface area (Å²) in [5, 5.41) is 26.2. The molecule has 10 N–H and O–H groups in total. The fourth-order valence-electron chi connectivity index (χ4n) is 3.89. The number of nitrogens with two attached hydrogens (primary N) is 2. The van der Waals surface area contributed by atoms with Gasteiger partial charge in [0.05, 0.1) is 12.5 Å². The maximum absolute atomic E-state index is 13.1. The molecule has 0 aliphatic carbocycles. The number of hydrogen-bond donors (Lipinski definition) is 8. The maximum Gasteiger partial charge on any atom is 0.326 e. The second kappa shape index (κ2) is 15.5. The van der Waals surface area contributed by atoms with Crippen LogP contribution >= 0.6 is 11.8 Å². The number of carbonyl (C=O) groups excluding carboxylic acids is 4. The highest BCUT2D eigenvalue weighted by atomic mass is 32.2. The Morgan fingerprint density at radius 3 is 2.17 bits per heavy atom. The lowest BCUT2D eigenvalue weighted by Crippen LogP contribution is -2.58. The van der Waals surface area contributed by atoms with E-state index < -0.39 is 72.6 Å². The molecule has 1 aromatic heterocycles. The zero-order chi connectivity index (χ0) is 29.8. The van der Waals surface area contributed by atoms with Crippen molar-refractivity contribution in [1.82, 2.24) is 20.9 Å². The van der Waals surface area contributed by atoms with Gasteiger partial charge in [0.1, 0.15) is 18.1 Å². The molecule has 0 radical (unpaired) electrons. The number of primary amides is 1. The van der Waals surface area contributed by atoms with Gasteiger partial charge in [-0.1, -0.05) is 18.2 Å². The molecule has 2 aromatic rings. The molecule has 4 amide bonds. The molecule has 0 aliphatic heterocycles. The van der Waals surface area contributed by atoms with Crippen LogP contribution in [0.5, 0.6) is 0 Å². The first-order valence-corrected chi connectivity index (χ1v) is 13.8. The molecule has 218 valence electrons. The van der Waals surface area contributed by atoms with E-state index in [9.17, 15) is 33.9 Å². The van der Waals surface area contributed by atoms with E-state index in [1.54, 1.807) is 12.5 Å². The molecule has 0 bridgehead atoms. The summed E-state index contributed by atoms with van der Waals surface area (Å²) in [6.45, 7) is 0. The lowest BCUT2D eigenvalue weighted by Gasteiger charge is -2.24. The molecule has 15 heteroatoms. The summed E-state index contributed by atoms with van der Waals surface area (Å²) < 4.78 is 0. The lowest BCUT2D eigenvalue weighted by atomic mass is 10.0. The minimum absolute atomic E-state index is 0.0846. The van der Waals surface area contributed by atoms with E-state index in [2.05, 4.69) is 20.9 Å². The van der Waals surface area contributed by atoms with Crippen LogP contribution in [0.25, 0.3) is 10.9 Å². The van der Waals surface area contributed by atoms with Crippen LogP contribution in [0.15, 0.2) is 30.5 Å². The van der Waals surface area contributed by atoms with Gasteiger partial charge in [0.25, 0.3) is 0 Å². The molecule has 0 fully saturated rings. The number of aliphatic carboxylic acids is 2. The normalized spacial score (nSPS) is 13.9. The summed E-state index contributed by atoms with van der Waals surface area (Å²) >= 11 is 1.36. The van der Waals surface area contributed by atoms with Crippen molar-refractivity contribution in [1.29, 1.82) is 0 Å². The highest BCUT2D eigenvalue weighted by molar-refractivity contribution is 7.98. The molecule has 0 spiro atoms. The summed E-state index contributed by atoms with van der Waals surface area (Å²) in [5.74, 6) is -5.65. The van der Waals surface area contributed by atoms with E-state index in [1.165, 1.54) is 11.8 Å². The first kappa shape index (κ1) is 32.1. The van der Waals surface area contributed by atoms with Gasteiger partial charge >= 0.3 is 11.9 Å². The third-order valence-electron chi connectivity index (χ3n) is 5.99. The van der Waals surface area contributed by atoms with Crippen molar-refractivity contribution in [2.75, 3.05) is 12.0 Å². The van der Waals surface area contributed by atoms with Gasteiger partial charge in [0.15, 0.2) is 0 Å². The standard InChI is InChI=1S/C25H34N6O8S/c1-40-9-8-17(23(36)30-18(25(38)39)6-7-21(33)34)29-24(37)19(11-20(27)32)31-22(35)15(26)10-13-12-28-16-5-3-2-4-14(13)16/h2-5,12,15,17-19,28H,6-11,26H2,1H3,(H2,27,32)(H,29,37)(H,30,36)(H,31,35)(H,33,34)(H,38,39). The van der Waals surface area contributed by atoms with E-state index in [-0.39, 0.29) is 19.3 Å². The minimum Gasteiger partial charge on any atom is -0.481 e. The number of para-hydroxylation sites is 1. The van der Waals surface area contributed by atoms with E-state index in [0.29, 0.717) is 5.75 Å². The zero-order valence-electron chi connectivity index (χ0n) is 21.8. The van der Waals surface area contributed by atoms with Gasteiger partial charge in [0, 0.05) is 23.5 Å². The first-order valence-electron chi connectivity index (χ1n) is 12.4. The average molecular weight is 579 g/mol. The van der Waals surface area contributed by atoms with Crippen molar-refractivity contribution in [2.45, 2.75) is 56.3 Å². The fraction of sp³-hybridized carbons (Fsp3) is 0.440. The molecule has 0 saturated heterocycles. The third kappa shape index (κ3) is 9.89. The van der Waals surface area contributed by atoms with Crippen LogP contribution < -0.4 is 27.4 Å². The Kier molecular flexibility index (Phi) is 12.4. The minimum atomic E-state index is -1.50. The SMILES string of the molecule is CSCCC(NC(=O)C(CC(N)=O)NC(=O)C(N)Cc1c[nH]c2ccccc12)C(=O)NC(CCC(=O)O)C(=O)O. The summed E-state index contributed by atoms with van der Waals surface area (Å²) in [4.78, 5) is 75.9.